The molecule has 0 bridgehead atoms. The summed E-state index contributed by atoms with van der Waals surface area (Å²) in [5.41, 5.74) is 7.34. The van der Waals surface area contributed by atoms with Gasteiger partial charge in [-0.3, -0.25) is 0 Å². The Morgan fingerprint density at radius 1 is 1.18 bits per heavy atom. The number of anilines is 3. The van der Waals surface area contributed by atoms with Gasteiger partial charge in [0, 0.05) is 20.7 Å². The fourth-order valence-electron chi connectivity index (χ4n) is 1.38. The highest BCUT2D eigenvalue weighted by Crippen LogP contribution is 2.28. The third-order valence-corrected chi connectivity index (χ3v) is 3.21. The van der Waals surface area contributed by atoms with Crippen molar-refractivity contribution in [3.8, 4) is 0 Å². The number of hydrogen-bond acceptors (Lipinski definition) is 4. The Balaban J connectivity index is 2.31. The van der Waals surface area contributed by atoms with Crippen LogP contribution >= 0.6 is 31.9 Å². The monoisotopic (exact) mass is 356 g/mol. The van der Waals surface area contributed by atoms with E-state index in [-0.39, 0.29) is 5.95 Å². The Morgan fingerprint density at radius 3 is 2.59 bits per heavy atom. The molecular formula is C11H10Br2N4. The molecule has 0 aliphatic rings. The average Bonchev–Trinajstić information content (AvgIpc) is 2.21. The zero-order valence-corrected chi connectivity index (χ0v) is 12.2. The lowest BCUT2D eigenvalue weighted by Crippen LogP contribution is -2.01. The van der Waals surface area contributed by atoms with Crippen LogP contribution in [0.25, 0.3) is 0 Å². The minimum absolute atomic E-state index is 0.265. The third kappa shape index (κ3) is 3.17. The van der Waals surface area contributed by atoms with E-state index in [4.69, 9.17) is 5.73 Å². The van der Waals surface area contributed by atoms with Crippen molar-refractivity contribution in [2.24, 2.45) is 0 Å². The van der Waals surface area contributed by atoms with E-state index >= 15 is 0 Å². The van der Waals surface area contributed by atoms with Crippen molar-refractivity contribution in [1.82, 2.24) is 9.97 Å². The fraction of sp³-hybridized carbons (Fsp3) is 0.0909. The van der Waals surface area contributed by atoms with Gasteiger partial charge in [-0.2, -0.15) is 4.98 Å². The number of nitrogens with zero attached hydrogens (tertiary/aromatic N) is 2. The molecule has 0 aliphatic heterocycles. The summed E-state index contributed by atoms with van der Waals surface area (Å²) >= 11 is 6.88. The summed E-state index contributed by atoms with van der Waals surface area (Å²) < 4.78 is 1.95. The second kappa shape index (κ2) is 5.01. The number of nitrogens with one attached hydrogen (secondary N) is 1. The minimum atomic E-state index is 0.265. The second-order valence-corrected chi connectivity index (χ2v) is 5.27. The van der Waals surface area contributed by atoms with Crippen LogP contribution in [-0.2, 0) is 0 Å². The van der Waals surface area contributed by atoms with Gasteiger partial charge in [0.2, 0.25) is 5.95 Å². The van der Waals surface area contributed by atoms with Gasteiger partial charge >= 0.3 is 0 Å². The van der Waals surface area contributed by atoms with Gasteiger partial charge in [0.15, 0.2) is 0 Å². The van der Waals surface area contributed by atoms with Crippen molar-refractivity contribution in [3.63, 3.8) is 0 Å². The highest BCUT2D eigenvalue weighted by atomic mass is 79.9. The maximum atomic E-state index is 5.59. The molecule has 0 spiro atoms. The SMILES string of the molecule is Cc1cc(Nc2ccc(Br)cc2Br)nc(N)n1. The molecule has 1 aromatic heterocycles. The van der Waals surface area contributed by atoms with E-state index in [0.29, 0.717) is 5.82 Å². The van der Waals surface area contributed by atoms with Crippen LogP contribution in [0.1, 0.15) is 5.69 Å². The summed E-state index contributed by atoms with van der Waals surface area (Å²) in [5, 5.41) is 3.18. The molecule has 0 radical (unpaired) electrons. The lowest BCUT2D eigenvalue weighted by atomic mass is 10.3. The zero-order chi connectivity index (χ0) is 12.4. The van der Waals surface area contributed by atoms with Crippen LogP contribution in [0.5, 0.6) is 0 Å². The molecule has 1 aromatic carbocycles. The Labute approximate surface area is 116 Å². The lowest BCUT2D eigenvalue weighted by Gasteiger charge is -2.09. The number of nitrogens with two attached hydrogens (primary N) is 1. The van der Waals surface area contributed by atoms with Crippen molar-refractivity contribution in [2.45, 2.75) is 6.92 Å². The molecule has 2 aromatic rings. The normalized spacial score (nSPS) is 10.3. The molecule has 0 aliphatic carbocycles. The summed E-state index contributed by atoms with van der Waals surface area (Å²) in [5.74, 6) is 0.943. The zero-order valence-electron chi connectivity index (χ0n) is 9.04. The average molecular weight is 358 g/mol. The minimum Gasteiger partial charge on any atom is -0.368 e. The number of aromatic nitrogens is 2. The first-order valence-electron chi connectivity index (χ1n) is 4.88. The van der Waals surface area contributed by atoms with Crippen LogP contribution in [0.15, 0.2) is 33.2 Å². The standard InChI is InChI=1S/C11H10Br2N4/c1-6-4-10(17-11(14)15-6)16-9-3-2-7(12)5-8(9)13/h2-5H,1H3,(H3,14,15,16,17). The molecule has 3 N–H and O–H groups in total. The fourth-order valence-corrected chi connectivity index (χ4v) is 2.53. The van der Waals surface area contributed by atoms with Crippen LogP contribution in [0.3, 0.4) is 0 Å². The number of rotatable bonds is 2. The maximum Gasteiger partial charge on any atom is 0.222 e. The van der Waals surface area contributed by atoms with Crippen molar-refractivity contribution in [3.05, 3.63) is 38.9 Å². The summed E-state index contributed by atoms with van der Waals surface area (Å²) in [4.78, 5) is 8.14. The van der Waals surface area contributed by atoms with E-state index in [1.165, 1.54) is 0 Å². The molecule has 6 heteroatoms. The predicted octanol–water partition coefficient (Wildman–Crippen LogP) is 3.64. The van der Waals surface area contributed by atoms with E-state index in [9.17, 15) is 0 Å². The van der Waals surface area contributed by atoms with Crippen molar-refractivity contribution < 1.29 is 0 Å². The molecule has 0 fully saturated rings. The van der Waals surface area contributed by atoms with E-state index in [1.807, 2.05) is 31.2 Å². The third-order valence-electron chi connectivity index (χ3n) is 2.07. The quantitative estimate of drug-likeness (QED) is 0.861. The number of halogens is 2. The Morgan fingerprint density at radius 2 is 1.94 bits per heavy atom. The lowest BCUT2D eigenvalue weighted by molar-refractivity contribution is 1.12. The van der Waals surface area contributed by atoms with Crippen molar-refractivity contribution >= 4 is 49.3 Å². The Bertz CT molecular complexity index is 537. The highest BCUT2D eigenvalue weighted by Gasteiger charge is 2.03. The molecule has 88 valence electrons. The first-order chi connectivity index (χ1) is 8.04. The topological polar surface area (TPSA) is 63.8 Å². The molecule has 2 rings (SSSR count). The number of hydrogen-bond donors (Lipinski definition) is 2. The highest BCUT2D eigenvalue weighted by molar-refractivity contribution is 9.11. The maximum absolute atomic E-state index is 5.59. The van der Waals surface area contributed by atoms with Crippen LogP contribution in [0.2, 0.25) is 0 Å². The van der Waals surface area contributed by atoms with Crippen LogP contribution in [0, 0.1) is 6.92 Å². The smallest absolute Gasteiger partial charge is 0.222 e. The van der Waals surface area contributed by atoms with Crippen molar-refractivity contribution in [1.29, 1.82) is 0 Å². The summed E-state index contributed by atoms with van der Waals surface area (Å²) in [6.45, 7) is 1.87. The van der Waals surface area contributed by atoms with Gasteiger partial charge in [-0.25, -0.2) is 4.98 Å². The van der Waals surface area contributed by atoms with Gasteiger partial charge in [0.1, 0.15) is 5.82 Å². The largest absolute Gasteiger partial charge is 0.368 e. The van der Waals surface area contributed by atoms with E-state index in [0.717, 1.165) is 20.3 Å². The first kappa shape index (κ1) is 12.3. The molecular weight excluding hydrogens is 348 g/mol. The van der Waals surface area contributed by atoms with Crippen molar-refractivity contribution in [2.75, 3.05) is 11.1 Å². The molecule has 1 heterocycles. The van der Waals surface area contributed by atoms with E-state index in [2.05, 4.69) is 47.1 Å². The van der Waals surface area contributed by atoms with E-state index in [1.54, 1.807) is 0 Å². The summed E-state index contributed by atoms with van der Waals surface area (Å²) in [7, 11) is 0. The summed E-state index contributed by atoms with van der Waals surface area (Å²) in [6, 6.07) is 7.69. The van der Waals surface area contributed by atoms with Gasteiger partial charge in [0.05, 0.1) is 5.69 Å². The van der Waals surface area contributed by atoms with Gasteiger partial charge in [-0.15, -0.1) is 0 Å². The van der Waals surface area contributed by atoms with Gasteiger partial charge in [0.25, 0.3) is 0 Å². The van der Waals surface area contributed by atoms with Gasteiger partial charge in [-0.1, -0.05) is 15.9 Å². The predicted molar refractivity (Wildman–Crippen MR) is 76.3 cm³/mol. The van der Waals surface area contributed by atoms with E-state index < -0.39 is 0 Å². The molecule has 17 heavy (non-hydrogen) atoms. The Hall–Kier alpha value is -1.14. The molecule has 0 atom stereocenters. The summed E-state index contributed by atoms with van der Waals surface area (Å²) in [6.07, 6.45) is 0. The second-order valence-electron chi connectivity index (χ2n) is 3.50. The van der Waals surface area contributed by atoms with Crippen LogP contribution in [-0.4, -0.2) is 9.97 Å². The molecule has 0 saturated heterocycles. The Kier molecular flexibility index (Phi) is 3.63. The molecule has 4 nitrogen and oxygen atoms in total. The number of benzene rings is 1. The number of nitrogen functional groups attached to an aromatic ring is 1. The molecule has 0 unspecified atom stereocenters. The van der Waals surface area contributed by atoms with Crippen LogP contribution in [0.4, 0.5) is 17.5 Å². The van der Waals surface area contributed by atoms with Crippen LogP contribution < -0.4 is 11.1 Å². The van der Waals surface area contributed by atoms with Gasteiger partial charge < -0.3 is 11.1 Å². The van der Waals surface area contributed by atoms with Gasteiger partial charge in [-0.05, 0) is 41.1 Å². The number of aryl methyl sites for hydroxylation is 1. The molecule has 0 saturated carbocycles. The first-order valence-corrected chi connectivity index (χ1v) is 6.46. The molecule has 0 amide bonds.